The maximum atomic E-state index is 12.2. The van der Waals surface area contributed by atoms with Gasteiger partial charge in [0.1, 0.15) is 0 Å². The molecule has 27 heavy (non-hydrogen) atoms. The Morgan fingerprint density at radius 1 is 1.22 bits per heavy atom. The molecule has 150 valence electrons. The summed E-state index contributed by atoms with van der Waals surface area (Å²) in [6.07, 6.45) is 2.80. The molecule has 2 rings (SSSR count). The molecule has 1 heterocycles. The van der Waals surface area contributed by atoms with Crippen LogP contribution in [0.5, 0.6) is 0 Å². The molecule has 0 aromatic heterocycles. The van der Waals surface area contributed by atoms with E-state index < -0.39 is 11.3 Å². The van der Waals surface area contributed by atoms with Gasteiger partial charge in [0.2, 0.25) is 11.8 Å². The smallest absolute Gasteiger partial charge is 0.240 e. The van der Waals surface area contributed by atoms with E-state index in [4.69, 9.17) is 11.5 Å². The van der Waals surface area contributed by atoms with Crippen LogP contribution in [0.25, 0.3) is 0 Å². The van der Waals surface area contributed by atoms with Crippen molar-refractivity contribution in [2.75, 3.05) is 24.7 Å². The number of carbonyl (C=O) groups excluding carboxylic acids is 2. The van der Waals surface area contributed by atoms with Gasteiger partial charge in [-0.25, -0.2) is 0 Å². The Kier molecular flexibility index (Phi) is 9.47. The second-order valence-corrected chi connectivity index (χ2v) is 8.46. The molecule has 1 aromatic carbocycles. The largest absolute Gasteiger partial charge is 0.355 e. The summed E-state index contributed by atoms with van der Waals surface area (Å²) in [7, 11) is 0. The molecule has 3 atom stereocenters. The molecule has 0 spiro atoms. The zero-order valence-electron chi connectivity index (χ0n) is 15.5. The van der Waals surface area contributed by atoms with Gasteiger partial charge in [-0.05, 0) is 31.2 Å². The Balaban J connectivity index is 1.60. The number of nitrogens with two attached hydrogens (primary N) is 2. The zero-order chi connectivity index (χ0) is 19.6. The lowest BCUT2D eigenvalue weighted by molar-refractivity contribution is -0.131. The van der Waals surface area contributed by atoms with Gasteiger partial charge >= 0.3 is 0 Å². The van der Waals surface area contributed by atoms with Gasteiger partial charge in [0.15, 0.2) is 0 Å². The molecule has 6 nitrogen and oxygen atoms in total. The topological polar surface area (TPSA) is 101 Å². The minimum atomic E-state index is -0.554. The molecule has 1 fully saturated rings. The fraction of sp³-hybridized carbons (Fsp3) is 0.579. The van der Waals surface area contributed by atoms with Crippen LogP contribution in [0, 0.1) is 0 Å². The first-order valence-corrected chi connectivity index (χ1v) is 11.0. The first kappa shape index (κ1) is 22.1. The maximum absolute atomic E-state index is 12.2. The Morgan fingerprint density at radius 3 is 2.63 bits per heavy atom. The Hall–Kier alpha value is -1.22. The lowest BCUT2D eigenvalue weighted by Crippen LogP contribution is -2.44. The number of hydrogen-bond acceptors (Lipinski definition) is 6. The standard InChI is InChI=1S/C19H30N4O2S2/c20-15(19(25)23-10-11-27-13-23)8-4-5-9-22-18(24)17(26)16(21)12-14-6-2-1-3-7-14/h1-3,6-7,15-17,26H,4-5,8-13,20-21H2,(H,22,24)/t15-,16+,17+/m0/s1. The third-order valence-corrected chi connectivity index (χ3v) is 6.19. The van der Waals surface area contributed by atoms with Crippen LogP contribution in [0.1, 0.15) is 24.8 Å². The quantitative estimate of drug-likeness (QED) is 0.341. The van der Waals surface area contributed by atoms with E-state index in [0.717, 1.165) is 36.6 Å². The zero-order valence-corrected chi connectivity index (χ0v) is 17.3. The maximum Gasteiger partial charge on any atom is 0.240 e. The van der Waals surface area contributed by atoms with Crippen molar-refractivity contribution < 1.29 is 9.59 Å². The van der Waals surface area contributed by atoms with Crippen molar-refractivity contribution >= 4 is 36.2 Å². The van der Waals surface area contributed by atoms with Gasteiger partial charge in [-0.1, -0.05) is 30.3 Å². The van der Waals surface area contributed by atoms with Gasteiger partial charge in [0.25, 0.3) is 0 Å². The summed E-state index contributed by atoms with van der Waals surface area (Å²) in [5, 5.41) is 2.32. The average Bonchev–Trinajstić information content (AvgIpc) is 3.21. The molecular formula is C19H30N4O2S2. The van der Waals surface area contributed by atoms with Gasteiger partial charge in [0.05, 0.1) is 17.2 Å². The van der Waals surface area contributed by atoms with Gasteiger partial charge in [-0.15, -0.1) is 11.8 Å². The molecular weight excluding hydrogens is 380 g/mol. The van der Waals surface area contributed by atoms with Crippen LogP contribution in [0.3, 0.4) is 0 Å². The summed E-state index contributed by atoms with van der Waals surface area (Å²) in [5.74, 6) is 1.61. The van der Waals surface area contributed by atoms with Gasteiger partial charge in [0, 0.05) is 24.9 Å². The predicted octanol–water partition coefficient (Wildman–Crippen LogP) is 1.00. The number of hydrogen-bond donors (Lipinski definition) is 4. The van der Waals surface area contributed by atoms with Crippen LogP contribution in [0.15, 0.2) is 30.3 Å². The van der Waals surface area contributed by atoms with Crippen molar-refractivity contribution in [1.29, 1.82) is 0 Å². The Morgan fingerprint density at radius 2 is 1.96 bits per heavy atom. The number of nitrogens with one attached hydrogen (secondary N) is 1. The average molecular weight is 411 g/mol. The van der Waals surface area contributed by atoms with Crippen molar-refractivity contribution in [2.45, 2.75) is 43.0 Å². The van der Waals surface area contributed by atoms with E-state index >= 15 is 0 Å². The lowest BCUT2D eigenvalue weighted by Gasteiger charge is -2.20. The molecule has 1 aromatic rings. The molecule has 0 bridgehead atoms. The van der Waals surface area contributed by atoms with Crippen LogP contribution >= 0.6 is 24.4 Å². The van der Waals surface area contributed by atoms with Gasteiger partial charge in [-0.2, -0.15) is 12.6 Å². The van der Waals surface area contributed by atoms with Crippen molar-refractivity contribution in [1.82, 2.24) is 10.2 Å². The Labute approximate surface area is 171 Å². The highest BCUT2D eigenvalue weighted by molar-refractivity contribution is 7.99. The van der Waals surface area contributed by atoms with Gasteiger partial charge in [-0.3, -0.25) is 9.59 Å². The fourth-order valence-corrected chi connectivity index (χ4v) is 4.10. The number of unbranched alkanes of at least 4 members (excludes halogenated alkanes) is 1. The second-order valence-electron chi connectivity index (χ2n) is 6.83. The summed E-state index contributed by atoms with van der Waals surface area (Å²) < 4.78 is 0. The number of thiol groups is 1. The summed E-state index contributed by atoms with van der Waals surface area (Å²) in [6.45, 7) is 1.33. The van der Waals surface area contributed by atoms with Crippen molar-refractivity contribution in [3.8, 4) is 0 Å². The number of rotatable bonds is 10. The second kappa shape index (κ2) is 11.6. The number of nitrogens with zero attached hydrogens (tertiary/aromatic N) is 1. The third-order valence-electron chi connectivity index (χ3n) is 4.61. The first-order valence-electron chi connectivity index (χ1n) is 9.36. The van der Waals surface area contributed by atoms with E-state index in [2.05, 4.69) is 17.9 Å². The normalized spacial score (nSPS) is 17.4. The third kappa shape index (κ3) is 7.37. The molecule has 2 amide bonds. The van der Waals surface area contributed by atoms with Crippen LogP contribution in [0.4, 0.5) is 0 Å². The molecule has 1 aliphatic rings. The highest BCUT2D eigenvalue weighted by Crippen LogP contribution is 2.15. The molecule has 5 N–H and O–H groups in total. The molecule has 8 heteroatoms. The monoisotopic (exact) mass is 410 g/mol. The van der Waals surface area contributed by atoms with Crippen molar-refractivity contribution in [2.24, 2.45) is 11.5 Å². The molecule has 0 unspecified atom stereocenters. The predicted molar refractivity (Wildman–Crippen MR) is 115 cm³/mol. The van der Waals surface area contributed by atoms with Crippen LogP contribution in [-0.2, 0) is 16.0 Å². The minimum Gasteiger partial charge on any atom is -0.355 e. The first-order chi connectivity index (χ1) is 13.0. The molecule has 0 saturated carbocycles. The van der Waals surface area contributed by atoms with Crippen LogP contribution in [0.2, 0.25) is 0 Å². The minimum absolute atomic E-state index is 0.0337. The van der Waals surface area contributed by atoms with Crippen LogP contribution < -0.4 is 16.8 Å². The molecule has 1 saturated heterocycles. The number of carbonyl (C=O) groups is 2. The van der Waals surface area contributed by atoms with E-state index in [1.165, 1.54) is 0 Å². The fourth-order valence-electron chi connectivity index (χ4n) is 2.94. The van der Waals surface area contributed by atoms with E-state index in [1.54, 1.807) is 11.8 Å². The van der Waals surface area contributed by atoms with E-state index in [0.29, 0.717) is 19.4 Å². The van der Waals surface area contributed by atoms with Crippen molar-refractivity contribution in [3.05, 3.63) is 35.9 Å². The number of benzene rings is 1. The van der Waals surface area contributed by atoms with E-state index in [1.807, 2.05) is 35.2 Å². The molecule has 0 radical (unpaired) electrons. The highest BCUT2D eigenvalue weighted by Gasteiger charge is 2.24. The molecule has 0 aliphatic carbocycles. The van der Waals surface area contributed by atoms with Crippen LogP contribution in [-0.4, -0.2) is 58.8 Å². The summed E-state index contributed by atoms with van der Waals surface area (Å²) >= 11 is 6.13. The Bertz CT molecular complexity index is 597. The van der Waals surface area contributed by atoms with E-state index in [9.17, 15) is 9.59 Å². The highest BCUT2D eigenvalue weighted by atomic mass is 32.2. The summed E-state index contributed by atoms with van der Waals surface area (Å²) in [6, 6.07) is 9.04. The summed E-state index contributed by atoms with van der Waals surface area (Å²) in [5.41, 5.74) is 13.2. The molecule has 1 aliphatic heterocycles. The number of thioether (sulfide) groups is 1. The number of amides is 2. The van der Waals surface area contributed by atoms with E-state index in [-0.39, 0.29) is 17.9 Å². The summed E-state index contributed by atoms with van der Waals surface area (Å²) in [4.78, 5) is 26.1. The van der Waals surface area contributed by atoms with Gasteiger partial charge < -0.3 is 21.7 Å². The van der Waals surface area contributed by atoms with Crippen molar-refractivity contribution in [3.63, 3.8) is 0 Å². The lowest BCUT2D eigenvalue weighted by atomic mass is 10.0. The SMILES string of the molecule is N[C@H](Cc1ccccc1)[C@@H](S)C(=O)NCCCC[C@H](N)C(=O)N1CCSC1.